The van der Waals surface area contributed by atoms with Gasteiger partial charge < -0.3 is 9.84 Å². The number of carbonyl (C=O) groups is 1. The number of ether oxygens (including phenoxy) is 1. The highest BCUT2D eigenvalue weighted by Gasteiger charge is 2.30. The highest BCUT2D eigenvalue weighted by atomic mass is 19.4. The van der Waals surface area contributed by atoms with Gasteiger partial charge in [0.15, 0.2) is 5.78 Å². The SMILES string of the molecule is O=C(C=Cc1ccc(O)cc1)c1ccc(OC(F)(F)F)cc1. The van der Waals surface area contributed by atoms with Crippen LogP contribution in [0.2, 0.25) is 0 Å². The minimum Gasteiger partial charge on any atom is -0.508 e. The van der Waals surface area contributed by atoms with Crippen LogP contribution in [0.4, 0.5) is 13.2 Å². The molecule has 0 bridgehead atoms. The lowest BCUT2D eigenvalue weighted by Crippen LogP contribution is -2.17. The van der Waals surface area contributed by atoms with Crippen molar-refractivity contribution in [1.82, 2.24) is 0 Å². The smallest absolute Gasteiger partial charge is 0.508 e. The van der Waals surface area contributed by atoms with E-state index in [-0.39, 0.29) is 22.8 Å². The van der Waals surface area contributed by atoms with E-state index in [1.807, 2.05) is 0 Å². The van der Waals surface area contributed by atoms with Crippen molar-refractivity contribution in [2.24, 2.45) is 0 Å². The van der Waals surface area contributed by atoms with Gasteiger partial charge in [-0.15, -0.1) is 13.2 Å². The third-order valence-corrected chi connectivity index (χ3v) is 2.69. The molecule has 0 aliphatic rings. The van der Waals surface area contributed by atoms with Crippen LogP contribution in [-0.2, 0) is 0 Å². The molecule has 0 unspecified atom stereocenters. The molecule has 22 heavy (non-hydrogen) atoms. The number of allylic oxidation sites excluding steroid dienone is 1. The van der Waals surface area contributed by atoms with Crippen LogP contribution in [0.1, 0.15) is 15.9 Å². The van der Waals surface area contributed by atoms with Gasteiger partial charge in [0.2, 0.25) is 0 Å². The maximum absolute atomic E-state index is 12.0. The summed E-state index contributed by atoms with van der Waals surface area (Å²) in [6.07, 6.45) is -1.92. The van der Waals surface area contributed by atoms with E-state index in [2.05, 4.69) is 4.74 Å². The van der Waals surface area contributed by atoms with Gasteiger partial charge in [0, 0.05) is 5.56 Å². The van der Waals surface area contributed by atoms with Gasteiger partial charge in [-0.05, 0) is 48.0 Å². The zero-order chi connectivity index (χ0) is 16.2. The van der Waals surface area contributed by atoms with Crippen LogP contribution in [0.3, 0.4) is 0 Å². The molecular formula is C16H11F3O3. The second-order valence-corrected chi connectivity index (χ2v) is 4.36. The van der Waals surface area contributed by atoms with Crippen LogP contribution in [0.25, 0.3) is 6.08 Å². The lowest BCUT2D eigenvalue weighted by Gasteiger charge is -2.08. The Morgan fingerprint density at radius 1 is 1.00 bits per heavy atom. The summed E-state index contributed by atoms with van der Waals surface area (Å²) in [6, 6.07) is 10.9. The Labute approximate surface area is 124 Å². The van der Waals surface area contributed by atoms with Gasteiger partial charge in [-0.25, -0.2) is 0 Å². The van der Waals surface area contributed by atoms with Crippen LogP contribution < -0.4 is 4.74 Å². The first-order valence-electron chi connectivity index (χ1n) is 6.21. The topological polar surface area (TPSA) is 46.5 Å². The standard InChI is InChI=1S/C16H11F3O3/c17-16(18,19)22-14-8-4-12(5-9-14)15(21)10-3-11-1-6-13(20)7-2-11/h1-10,20H. The van der Waals surface area contributed by atoms with E-state index in [0.29, 0.717) is 5.56 Å². The van der Waals surface area contributed by atoms with Crippen LogP contribution in [0.5, 0.6) is 11.5 Å². The molecule has 6 heteroatoms. The minimum atomic E-state index is -4.76. The predicted molar refractivity (Wildman–Crippen MR) is 74.6 cm³/mol. The first-order chi connectivity index (χ1) is 10.3. The third-order valence-electron chi connectivity index (χ3n) is 2.69. The van der Waals surface area contributed by atoms with Crippen LogP contribution in [-0.4, -0.2) is 17.3 Å². The van der Waals surface area contributed by atoms with Gasteiger partial charge in [-0.3, -0.25) is 4.79 Å². The number of hydrogen-bond acceptors (Lipinski definition) is 3. The molecule has 0 fully saturated rings. The van der Waals surface area contributed by atoms with Crippen LogP contribution >= 0.6 is 0 Å². The van der Waals surface area contributed by atoms with Crippen LogP contribution in [0, 0.1) is 0 Å². The summed E-state index contributed by atoms with van der Waals surface area (Å²) in [5.74, 6) is -0.623. The fraction of sp³-hybridized carbons (Fsp3) is 0.0625. The number of benzene rings is 2. The van der Waals surface area contributed by atoms with Crippen molar-refractivity contribution in [1.29, 1.82) is 0 Å². The molecule has 114 valence electrons. The van der Waals surface area contributed by atoms with Gasteiger partial charge in [-0.1, -0.05) is 18.2 Å². The monoisotopic (exact) mass is 308 g/mol. The number of hydrogen-bond donors (Lipinski definition) is 1. The molecule has 0 heterocycles. The summed E-state index contributed by atoms with van der Waals surface area (Å²) in [5, 5.41) is 9.14. The Morgan fingerprint density at radius 2 is 1.59 bits per heavy atom. The van der Waals surface area contributed by atoms with Crippen LogP contribution in [0.15, 0.2) is 54.6 Å². The molecular weight excluding hydrogens is 297 g/mol. The first kappa shape index (κ1) is 15.6. The Hall–Kier alpha value is -2.76. The highest BCUT2D eigenvalue weighted by Crippen LogP contribution is 2.23. The lowest BCUT2D eigenvalue weighted by atomic mass is 10.1. The number of phenols is 1. The summed E-state index contributed by atoms with van der Waals surface area (Å²) >= 11 is 0. The van der Waals surface area contributed by atoms with Gasteiger partial charge in [0.1, 0.15) is 11.5 Å². The number of aromatic hydroxyl groups is 1. The van der Waals surface area contributed by atoms with Crippen molar-refractivity contribution in [3.8, 4) is 11.5 Å². The zero-order valence-electron chi connectivity index (χ0n) is 11.2. The molecule has 0 aliphatic heterocycles. The van der Waals surface area contributed by atoms with Crippen molar-refractivity contribution >= 4 is 11.9 Å². The molecule has 0 aliphatic carbocycles. The number of ketones is 1. The molecule has 0 aromatic heterocycles. The van der Waals surface area contributed by atoms with Crippen molar-refractivity contribution in [2.75, 3.05) is 0 Å². The molecule has 0 spiro atoms. The van der Waals surface area contributed by atoms with Crippen molar-refractivity contribution < 1.29 is 27.8 Å². The maximum Gasteiger partial charge on any atom is 0.573 e. The Bertz CT molecular complexity index is 671. The van der Waals surface area contributed by atoms with E-state index in [0.717, 1.165) is 12.1 Å². The maximum atomic E-state index is 12.0. The predicted octanol–water partition coefficient (Wildman–Crippen LogP) is 4.19. The second-order valence-electron chi connectivity index (χ2n) is 4.36. The number of rotatable bonds is 4. The van der Waals surface area contributed by atoms with E-state index in [1.54, 1.807) is 18.2 Å². The van der Waals surface area contributed by atoms with E-state index in [1.165, 1.54) is 30.3 Å². The number of phenolic OH excluding ortho intramolecular Hbond substituents is 1. The summed E-state index contributed by atoms with van der Waals surface area (Å²) in [7, 11) is 0. The molecule has 2 aromatic rings. The van der Waals surface area contributed by atoms with E-state index in [9.17, 15) is 18.0 Å². The fourth-order valence-corrected chi connectivity index (χ4v) is 1.67. The van der Waals surface area contributed by atoms with E-state index < -0.39 is 6.36 Å². The second kappa shape index (κ2) is 6.34. The van der Waals surface area contributed by atoms with Gasteiger partial charge in [-0.2, -0.15) is 0 Å². The fourth-order valence-electron chi connectivity index (χ4n) is 1.67. The molecule has 0 amide bonds. The molecule has 3 nitrogen and oxygen atoms in total. The van der Waals surface area contributed by atoms with Crippen molar-refractivity contribution in [3.05, 3.63) is 65.7 Å². The normalized spacial score (nSPS) is 11.6. The summed E-state index contributed by atoms with van der Waals surface area (Å²) < 4.78 is 39.8. The average molecular weight is 308 g/mol. The first-order valence-corrected chi connectivity index (χ1v) is 6.21. The van der Waals surface area contributed by atoms with Gasteiger partial charge >= 0.3 is 6.36 Å². The highest BCUT2D eigenvalue weighted by molar-refractivity contribution is 6.06. The van der Waals surface area contributed by atoms with Crippen molar-refractivity contribution in [2.45, 2.75) is 6.36 Å². The Kier molecular flexibility index (Phi) is 4.50. The largest absolute Gasteiger partial charge is 0.573 e. The number of carbonyl (C=O) groups excluding carboxylic acids is 1. The number of alkyl halides is 3. The molecule has 0 saturated carbocycles. The third kappa shape index (κ3) is 4.66. The van der Waals surface area contributed by atoms with Crippen molar-refractivity contribution in [3.63, 3.8) is 0 Å². The molecule has 0 saturated heterocycles. The molecule has 1 N–H and O–H groups in total. The average Bonchev–Trinajstić information content (AvgIpc) is 2.45. The Balaban J connectivity index is 2.05. The van der Waals surface area contributed by atoms with Gasteiger partial charge in [0.25, 0.3) is 0 Å². The summed E-state index contributed by atoms with van der Waals surface area (Å²) in [5.41, 5.74) is 0.952. The van der Waals surface area contributed by atoms with Gasteiger partial charge in [0.05, 0.1) is 0 Å². The quantitative estimate of drug-likeness (QED) is 0.680. The summed E-state index contributed by atoms with van der Waals surface area (Å²) in [4.78, 5) is 11.9. The molecule has 2 rings (SSSR count). The van der Waals surface area contributed by atoms with E-state index in [4.69, 9.17) is 5.11 Å². The Morgan fingerprint density at radius 3 is 2.14 bits per heavy atom. The molecule has 2 aromatic carbocycles. The minimum absolute atomic E-state index is 0.115. The molecule has 0 atom stereocenters. The lowest BCUT2D eigenvalue weighted by molar-refractivity contribution is -0.274. The molecule has 0 radical (unpaired) electrons. The summed E-state index contributed by atoms with van der Waals surface area (Å²) in [6.45, 7) is 0. The zero-order valence-corrected chi connectivity index (χ0v) is 11.2. The number of halogens is 3. The van der Waals surface area contributed by atoms with E-state index >= 15 is 0 Å².